The summed E-state index contributed by atoms with van der Waals surface area (Å²) in [5.74, 6) is 0.0183. The molecular weight excluding hydrogens is 278 g/mol. The lowest BCUT2D eigenvalue weighted by Crippen LogP contribution is -2.28. The van der Waals surface area contributed by atoms with E-state index < -0.39 is 0 Å². The number of rotatable bonds is 6. The fourth-order valence-electron chi connectivity index (χ4n) is 1.77. The first kappa shape index (κ1) is 15.8. The van der Waals surface area contributed by atoms with E-state index in [1.165, 1.54) is 0 Å². The second kappa shape index (κ2) is 7.35. The molecule has 1 aromatic carbocycles. The zero-order chi connectivity index (χ0) is 14.4. The highest BCUT2D eigenvalue weighted by Crippen LogP contribution is 2.29. The number of thioether (sulfide) groups is 1. The second-order valence-corrected chi connectivity index (χ2v) is 5.35. The highest BCUT2D eigenvalue weighted by Gasteiger charge is 2.14. The Labute approximate surface area is 123 Å². The van der Waals surface area contributed by atoms with Gasteiger partial charge in [-0.2, -0.15) is 0 Å². The highest BCUT2D eigenvalue weighted by molar-refractivity contribution is 7.98. The fourth-order valence-corrected chi connectivity index (χ4v) is 2.68. The van der Waals surface area contributed by atoms with Crippen LogP contribution < -0.4 is 16.0 Å². The normalized spacial score (nSPS) is 10.1. The smallest absolute Gasteiger partial charge is 0.221 e. The topological polar surface area (TPSA) is 58.4 Å². The molecule has 0 saturated heterocycles. The van der Waals surface area contributed by atoms with Crippen LogP contribution in [0.2, 0.25) is 0 Å². The van der Waals surface area contributed by atoms with Crippen LogP contribution in [0, 0.1) is 0 Å². The van der Waals surface area contributed by atoms with E-state index in [0.717, 1.165) is 16.1 Å². The van der Waals surface area contributed by atoms with Crippen LogP contribution in [0.3, 0.4) is 0 Å². The van der Waals surface area contributed by atoms with Crippen LogP contribution >= 0.6 is 24.0 Å². The van der Waals surface area contributed by atoms with Crippen molar-refractivity contribution < 1.29 is 4.79 Å². The second-order valence-electron chi connectivity index (χ2n) is 4.06. The predicted octanol–water partition coefficient (Wildman–Crippen LogP) is 1.61. The van der Waals surface area contributed by atoms with Crippen molar-refractivity contribution in [2.75, 3.05) is 31.8 Å². The summed E-state index contributed by atoms with van der Waals surface area (Å²) >= 11 is 6.75. The lowest BCUT2D eigenvalue weighted by molar-refractivity contribution is -0.120. The van der Waals surface area contributed by atoms with E-state index in [0.29, 0.717) is 18.0 Å². The molecule has 0 atom stereocenters. The number of nitrogens with one attached hydrogen (secondary N) is 1. The van der Waals surface area contributed by atoms with Gasteiger partial charge in [-0.15, -0.1) is 11.8 Å². The maximum absolute atomic E-state index is 11.3. The minimum Gasteiger partial charge on any atom is -0.389 e. The number of benzene rings is 1. The number of hydrogen-bond acceptors (Lipinski definition) is 4. The summed E-state index contributed by atoms with van der Waals surface area (Å²) in [4.78, 5) is 14.7. The molecule has 19 heavy (non-hydrogen) atoms. The van der Waals surface area contributed by atoms with Crippen molar-refractivity contribution in [3.8, 4) is 0 Å². The Morgan fingerprint density at radius 3 is 2.74 bits per heavy atom. The summed E-state index contributed by atoms with van der Waals surface area (Å²) in [5, 5.41) is 2.61. The Bertz CT molecular complexity index is 477. The van der Waals surface area contributed by atoms with Gasteiger partial charge in [-0.25, -0.2) is 0 Å². The Balaban J connectivity index is 2.99. The summed E-state index contributed by atoms with van der Waals surface area (Å²) in [6.07, 6.45) is 2.43. The largest absolute Gasteiger partial charge is 0.389 e. The third-order valence-electron chi connectivity index (χ3n) is 2.83. The summed E-state index contributed by atoms with van der Waals surface area (Å²) in [6.45, 7) is 0.618. The molecule has 0 saturated carbocycles. The van der Waals surface area contributed by atoms with Gasteiger partial charge in [-0.3, -0.25) is 4.79 Å². The number of carbonyl (C=O) groups is 1. The van der Waals surface area contributed by atoms with Crippen LogP contribution in [0.5, 0.6) is 0 Å². The van der Waals surface area contributed by atoms with E-state index in [2.05, 4.69) is 5.32 Å². The van der Waals surface area contributed by atoms with E-state index in [-0.39, 0.29) is 5.91 Å². The molecule has 0 bridgehead atoms. The first-order chi connectivity index (χ1) is 9.01. The number of carbonyl (C=O) groups excluding carboxylic acids is 1. The number of amides is 1. The molecule has 3 N–H and O–H groups in total. The monoisotopic (exact) mass is 297 g/mol. The van der Waals surface area contributed by atoms with Crippen molar-refractivity contribution in [3.05, 3.63) is 23.8 Å². The van der Waals surface area contributed by atoms with E-state index in [4.69, 9.17) is 18.0 Å². The first-order valence-corrected chi connectivity index (χ1v) is 7.53. The van der Waals surface area contributed by atoms with Gasteiger partial charge in [0.25, 0.3) is 0 Å². The van der Waals surface area contributed by atoms with E-state index >= 15 is 0 Å². The molecule has 1 amide bonds. The number of nitrogens with two attached hydrogens (primary N) is 1. The van der Waals surface area contributed by atoms with Crippen molar-refractivity contribution in [2.45, 2.75) is 11.3 Å². The van der Waals surface area contributed by atoms with Crippen LogP contribution in [0.15, 0.2) is 23.1 Å². The lowest BCUT2D eigenvalue weighted by Gasteiger charge is -2.23. The van der Waals surface area contributed by atoms with Gasteiger partial charge in [-0.05, 0) is 18.4 Å². The molecule has 0 unspecified atom stereocenters. The van der Waals surface area contributed by atoms with Gasteiger partial charge in [0.2, 0.25) is 5.91 Å². The van der Waals surface area contributed by atoms with E-state index in [1.54, 1.807) is 18.8 Å². The van der Waals surface area contributed by atoms with Crippen molar-refractivity contribution in [1.82, 2.24) is 5.32 Å². The van der Waals surface area contributed by atoms with Crippen LogP contribution in [0.1, 0.15) is 12.0 Å². The summed E-state index contributed by atoms with van der Waals surface area (Å²) in [5.41, 5.74) is 7.66. The average Bonchev–Trinajstić information content (AvgIpc) is 2.42. The molecule has 1 rings (SSSR count). The third kappa shape index (κ3) is 4.11. The van der Waals surface area contributed by atoms with Gasteiger partial charge in [0.05, 0.1) is 0 Å². The van der Waals surface area contributed by atoms with Gasteiger partial charge < -0.3 is 16.0 Å². The van der Waals surface area contributed by atoms with Crippen molar-refractivity contribution >= 4 is 40.6 Å². The molecule has 0 aromatic heterocycles. The van der Waals surface area contributed by atoms with Crippen molar-refractivity contribution in [1.29, 1.82) is 0 Å². The molecule has 0 aliphatic carbocycles. The Morgan fingerprint density at radius 1 is 1.53 bits per heavy atom. The average molecular weight is 297 g/mol. The quantitative estimate of drug-likeness (QED) is 0.617. The molecule has 0 aliphatic heterocycles. The minimum absolute atomic E-state index is 0.0183. The van der Waals surface area contributed by atoms with Crippen LogP contribution in [0.25, 0.3) is 0 Å². The van der Waals surface area contributed by atoms with Crippen molar-refractivity contribution in [3.63, 3.8) is 0 Å². The molecule has 4 nitrogen and oxygen atoms in total. The number of thiocarbonyl (C=S) groups is 1. The van der Waals surface area contributed by atoms with Crippen LogP contribution in [0.4, 0.5) is 5.69 Å². The number of anilines is 1. The molecular formula is C13H19N3OS2. The maximum Gasteiger partial charge on any atom is 0.221 e. The van der Waals surface area contributed by atoms with Crippen LogP contribution in [-0.2, 0) is 4.79 Å². The molecule has 0 spiro atoms. The molecule has 0 radical (unpaired) electrons. The van der Waals surface area contributed by atoms with Gasteiger partial charge in [0.15, 0.2) is 0 Å². The summed E-state index contributed by atoms with van der Waals surface area (Å²) < 4.78 is 0. The van der Waals surface area contributed by atoms with Gasteiger partial charge in [-0.1, -0.05) is 18.3 Å². The molecule has 104 valence electrons. The minimum atomic E-state index is 0.0183. The number of nitrogens with zero attached hydrogens (tertiary/aromatic N) is 1. The standard InChI is InChI=1S/C13H19N3OS2/c1-15-11(17)7-8-16(2)9-5-4-6-10(19-3)12(9)13(14)18/h4-6H,7-8H2,1-3H3,(H2,14,18)(H,15,17). The van der Waals surface area contributed by atoms with Gasteiger partial charge in [0, 0.05) is 43.2 Å². The highest BCUT2D eigenvalue weighted by atomic mass is 32.2. The zero-order valence-electron chi connectivity index (χ0n) is 11.4. The Morgan fingerprint density at radius 2 is 2.21 bits per heavy atom. The van der Waals surface area contributed by atoms with Crippen molar-refractivity contribution in [2.24, 2.45) is 5.73 Å². The molecule has 0 aliphatic rings. The van der Waals surface area contributed by atoms with Gasteiger partial charge in [0.1, 0.15) is 4.99 Å². The Kier molecular flexibility index (Phi) is 6.11. The Hall–Kier alpha value is -1.27. The predicted molar refractivity (Wildman–Crippen MR) is 86.1 cm³/mol. The van der Waals surface area contributed by atoms with E-state index in [9.17, 15) is 4.79 Å². The first-order valence-electron chi connectivity index (χ1n) is 5.89. The lowest BCUT2D eigenvalue weighted by atomic mass is 10.1. The SMILES string of the molecule is CNC(=O)CCN(C)c1cccc(SC)c1C(N)=S. The fraction of sp³-hybridized carbons (Fsp3) is 0.385. The van der Waals surface area contributed by atoms with Crippen LogP contribution in [-0.4, -0.2) is 37.8 Å². The third-order valence-corrected chi connectivity index (χ3v) is 3.82. The summed E-state index contributed by atoms with van der Waals surface area (Å²) in [7, 11) is 3.57. The van der Waals surface area contributed by atoms with E-state index in [1.807, 2.05) is 36.4 Å². The maximum atomic E-state index is 11.3. The summed E-state index contributed by atoms with van der Waals surface area (Å²) in [6, 6.07) is 5.94. The molecule has 1 aromatic rings. The molecule has 6 heteroatoms. The molecule has 0 heterocycles. The number of hydrogen-bond donors (Lipinski definition) is 2. The zero-order valence-corrected chi connectivity index (χ0v) is 13.0. The molecule has 0 fully saturated rings. The van der Waals surface area contributed by atoms with Gasteiger partial charge >= 0.3 is 0 Å².